The van der Waals surface area contributed by atoms with Crippen molar-refractivity contribution in [3.63, 3.8) is 0 Å². The molecule has 6 nitrogen and oxygen atoms in total. The van der Waals surface area contributed by atoms with Gasteiger partial charge in [0.2, 0.25) is 0 Å². The molecule has 3 heterocycles. The molecule has 0 aliphatic carbocycles. The molecular formula is C21H25BN2O4. The molecular weight excluding hydrogens is 355 g/mol. The molecule has 2 aromatic rings. The highest BCUT2D eigenvalue weighted by molar-refractivity contribution is 6.62. The minimum Gasteiger partial charge on any atom is -0.489 e. The molecule has 0 radical (unpaired) electrons. The standard InChI is InChI=1S/C21H25BN2O4/c1-14-13-15(22-27-20(2,3)21(4,5)28-22)8-9-16(14)24-11-12-26-17-7-6-10-23-18(17)19(24)25/h6-10,13H,11-12H2,1-5H3. The van der Waals surface area contributed by atoms with Crippen molar-refractivity contribution in [2.45, 2.75) is 45.8 Å². The monoisotopic (exact) mass is 380 g/mol. The number of nitrogens with zero attached hydrogens (tertiary/aromatic N) is 2. The lowest BCUT2D eigenvalue weighted by Crippen LogP contribution is -2.41. The third-order valence-electron chi connectivity index (χ3n) is 5.83. The number of ether oxygens (including phenoxy) is 1. The molecule has 0 unspecified atom stereocenters. The van der Waals surface area contributed by atoms with Crippen molar-refractivity contribution >= 4 is 24.2 Å². The second-order valence-electron chi connectivity index (χ2n) is 8.29. The van der Waals surface area contributed by atoms with Crippen LogP contribution in [-0.4, -0.2) is 42.4 Å². The van der Waals surface area contributed by atoms with Gasteiger partial charge in [0.25, 0.3) is 5.91 Å². The Morgan fingerprint density at radius 3 is 2.50 bits per heavy atom. The predicted molar refractivity (Wildman–Crippen MR) is 108 cm³/mol. The highest BCUT2D eigenvalue weighted by atomic mass is 16.7. The molecule has 1 fully saturated rings. The van der Waals surface area contributed by atoms with E-state index in [-0.39, 0.29) is 5.91 Å². The van der Waals surface area contributed by atoms with Gasteiger partial charge in [0.1, 0.15) is 6.61 Å². The Balaban J connectivity index is 1.63. The first-order valence-electron chi connectivity index (χ1n) is 9.55. The van der Waals surface area contributed by atoms with E-state index in [0.29, 0.717) is 24.6 Å². The number of anilines is 1. The number of hydrogen-bond donors (Lipinski definition) is 0. The third kappa shape index (κ3) is 3.08. The molecule has 0 bridgehead atoms. The normalized spacial score (nSPS) is 20.5. The molecule has 1 aromatic carbocycles. The summed E-state index contributed by atoms with van der Waals surface area (Å²) in [4.78, 5) is 19.0. The summed E-state index contributed by atoms with van der Waals surface area (Å²) in [6.45, 7) is 11.0. The molecule has 0 N–H and O–H groups in total. The molecule has 0 spiro atoms. The van der Waals surface area contributed by atoms with E-state index in [1.165, 1.54) is 0 Å². The maximum Gasteiger partial charge on any atom is 0.494 e. The fourth-order valence-electron chi connectivity index (χ4n) is 3.48. The number of rotatable bonds is 2. The van der Waals surface area contributed by atoms with Gasteiger partial charge in [0.15, 0.2) is 11.4 Å². The van der Waals surface area contributed by atoms with E-state index < -0.39 is 18.3 Å². The minimum absolute atomic E-state index is 0.153. The van der Waals surface area contributed by atoms with Gasteiger partial charge in [-0.1, -0.05) is 12.1 Å². The largest absolute Gasteiger partial charge is 0.494 e. The van der Waals surface area contributed by atoms with E-state index in [9.17, 15) is 4.79 Å². The number of aryl methyl sites for hydroxylation is 1. The van der Waals surface area contributed by atoms with Gasteiger partial charge in [0.05, 0.1) is 17.7 Å². The number of carbonyl (C=O) groups excluding carboxylic acids is 1. The van der Waals surface area contributed by atoms with Gasteiger partial charge in [-0.2, -0.15) is 0 Å². The van der Waals surface area contributed by atoms with Crippen molar-refractivity contribution in [1.82, 2.24) is 4.98 Å². The Hall–Kier alpha value is -2.38. The summed E-state index contributed by atoms with van der Waals surface area (Å²) in [6, 6.07) is 9.48. The summed E-state index contributed by atoms with van der Waals surface area (Å²) in [5.41, 5.74) is 2.31. The highest BCUT2D eigenvalue weighted by Gasteiger charge is 2.51. The molecule has 1 saturated heterocycles. The zero-order chi connectivity index (χ0) is 20.1. The van der Waals surface area contributed by atoms with Crippen molar-refractivity contribution in [2.75, 3.05) is 18.1 Å². The molecule has 1 aromatic heterocycles. The van der Waals surface area contributed by atoms with Crippen LogP contribution in [0.1, 0.15) is 43.7 Å². The smallest absolute Gasteiger partial charge is 0.489 e. The van der Waals surface area contributed by atoms with Crippen LogP contribution < -0.4 is 15.1 Å². The first-order valence-corrected chi connectivity index (χ1v) is 9.55. The Morgan fingerprint density at radius 1 is 1.11 bits per heavy atom. The fraction of sp³-hybridized carbons (Fsp3) is 0.429. The summed E-state index contributed by atoms with van der Waals surface area (Å²) in [5.74, 6) is 0.376. The van der Waals surface area contributed by atoms with E-state index in [4.69, 9.17) is 14.0 Å². The van der Waals surface area contributed by atoms with Crippen molar-refractivity contribution in [2.24, 2.45) is 0 Å². The van der Waals surface area contributed by atoms with E-state index in [1.54, 1.807) is 23.2 Å². The van der Waals surface area contributed by atoms with Crippen molar-refractivity contribution in [1.29, 1.82) is 0 Å². The lowest BCUT2D eigenvalue weighted by Gasteiger charge is -2.32. The molecule has 7 heteroatoms. The van der Waals surface area contributed by atoms with Crippen LogP contribution in [0.25, 0.3) is 0 Å². The quantitative estimate of drug-likeness (QED) is 0.750. The number of fused-ring (bicyclic) bond motifs is 1. The van der Waals surface area contributed by atoms with E-state index in [2.05, 4.69) is 4.98 Å². The summed E-state index contributed by atoms with van der Waals surface area (Å²) in [6.07, 6.45) is 1.61. The number of pyridine rings is 1. The Bertz CT molecular complexity index is 912. The van der Waals surface area contributed by atoms with Gasteiger partial charge < -0.3 is 18.9 Å². The molecule has 28 heavy (non-hydrogen) atoms. The molecule has 4 rings (SSSR count). The van der Waals surface area contributed by atoms with E-state index in [1.807, 2.05) is 52.8 Å². The number of hydrogen-bond acceptors (Lipinski definition) is 5. The summed E-state index contributed by atoms with van der Waals surface area (Å²) < 4.78 is 18.0. The van der Waals surface area contributed by atoms with Crippen molar-refractivity contribution in [3.05, 3.63) is 47.8 Å². The number of aromatic nitrogens is 1. The summed E-state index contributed by atoms with van der Waals surface area (Å²) in [7, 11) is -0.427. The van der Waals surface area contributed by atoms with Crippen molar-refractivity contribution in [3.8, 4) is 5.75 Å². The fourth-order valence-corrected chi connectivity index (χ4v) is 3.48. The Kier molecular flexibility index (Phi) is 4.47. The maximum absolute atomic E-state index is 13.0. The summed E-state index contributed by atoms with van der Waals surface area (Å²) in [5, 5.41) is 0. The van der Waals surface area contributed by atoms with Crippen LogP contribution in [0.5, 0.6) is 5.75 Å². The lowest BCUT2D eigenvalue weighted by molar-refractivity contribution is 0.00578. The van der Waals surface area contributed by atoms with Crippen LogP contribution in [0.2, 0.25) is 0 Å². The topological polar surface area (TPSA) is 60.9 Å². The van der Waals surface area contributed by atoms with Gasteiger partial charge >= 0.3 is 7.12 Å². The Morgan fingerprint density at radius 2 is 1.82 bits per heavy atom. The molecule has 0 atom stereocenters. The SMILES string of the molecule is Cc1cc(B2OC(C)(C)C(C)(C)O2)ccc1N1CCOc2cccnc2C1=O. The first-order chi connectivity index (χ1) is 13.2. The average Bonchev–Trinajstić information content (AvgIpc) is 2.76. The summed E-state index contributed by atoms with van der Waals surface area (Å²) >= 11 is 0. The third-order valence-corrected chi connectivity index (χ3v) is 5.83. The highest BCUT2D eigenvalue weighted by Crippen LogP contribution is 2.37. The minimum atomic E-state index is -0.427. The van der Waals surface area contributed by atoms with Crippen LogP contribution in [0.4, 0.5) is 5.69 Å². The van der Waals surface area contributed by atoms with Crippen LogP contribution in [0, 0.1) is 6.92 Å². The van der Waals surface area contributed by atoms with Gasteiger partial charge in [-0.05, 0) is 63.8 Å². The average molecular weight is 380 g/mol. The second kappa shape index (κ2) is 6.60. The Labute approximate surface area is 166 Å². The molecule has 1 amide bonds. The number of carbonyl (C=O) groups is 1. The molecule has 2 aliphatic rings. The van der Waals surface area contributed by atoms with Crippen LogP contribution in [0.15, 0.2) is 36.5 Å². The zero-order valence-corrected chi connectivity index (χ0v) is 17.0. The molecule has 146 valence electrons. The second-order valence-corrected chi connectivity index (χ2v) is 8.29. The number of amides is 1. The van der Waals surface area contributed by atoms with Gasteiger partial charge in [-0.3, -0.25) is 4.79 Å². The number of benzene rings is 1. The van der Waals surface area contributed by atoms with Crippen molar-refractivity contribution < 1.29 is 18.8 Å². The van der Waals surface area contributed by atoms with E-state index >= 15 is 0 Å². The molecule has 0 saturated carbocycles. The first kappa shape index (κ1) is 19.0. The van der Waals surface area contributed by atoms with Gasteiger partial charge in [0, 0.05) is 11.9 Å². The van der Waals surface area contributed by atoms with Crippen LogP contribution >= 0.6 is 0 Å². The molecule has 2 aliphatic heterocycles. The van der Waals surface area contributed by atoms with Gasteiger partial charge in [-0.15, -0.1) is 0 Å². The van der Waals surface area contributed by atoms with E-state index in [0.717, 1.165) is 16.7 Å². The predicted octanol–water partition coefficient (Wildman–Crippen LogP) is 2.73. The maximum atomic E-state index is 13.0. The lowest BCUT2D eigenvalue weighted by atomic mass is 9.78. The van der Waals surface area contributed by atoms with Crippen LogP contribution in [-0.2, 0) is 9.31 Å². The van der Waals surface area contributed by atoms with Crippen LogP contribution in [0.3, 0.4) is 0 Å². The van der Waals surface area contributed by atoms with Gasteiger partial charge in [-0.25, -0.2) is 4.98 Å². The zero-order valence-electron chi connectivity index (χ0n) is 17.0.